The van der Waals surface area contributed by atoms with Crippen LogP contribution < -0.4 is 10.1 Å². The zero-order chi connectivity index (χ0) is 15.5. The van der Waals surface area contributed by atoms with Crippen LogP contribution in [0, 0.1) is 17.8 Å². The lowest BCUT2D eigenvalue weighted by molar-refractivity contribution is -0.124. The summed E-state index contributed by atoms with van der Waals surface area (Å²) < 4.78 is 6.29. The summed E-state index contributed by atoms with van der Waals surface area (Å²) in [5.41, 5.74) is 0.232. The Hall–Kier alpha value is -1.84. The lowest BCUT2D eigenvalue weighted by atomic mass is 9.84. The van der Waals surface area contributed by atoms with Crippen LogP contribution in [0.25, 0.3) is 0 Å². The molecule has 4 atom stereocenters. The highest BCUT2D eigenvalue weighted by atomic mass is 16.5. The van der Waals surface area contributed by atoms with Gasteiger partial charge in [-0.05, 0) is 44.7 Å². The molecule has 2 fully saturated rings. The molecule has 1 aromatic rings. The number of nitrogens with one attached hydrogen (secondary N) is 1. The molecule has 3 aliphatic rings. The monoisotopic (exact) mass is 299 g/mol. The maximum Gasteiger partial charge on any atom is 0.224 e. The molecule has 2 saturated carbocycles. The molecule has 1 spiro atoms. The highest BCUT2D eigenvalue weighted by Gasteiger charge is 2.70. The van der Waals surface area contributed by atoms with Gasteiger partial charge < -0.3 is 10.1 Å². The fraction of sp³-hybridized carbons (Fsp3) is 0.556. The molecule has 116 valence electrons. The van der Waals surface area contributed by atoms with Gasteiger partial charge in [0.15, 0.2) is 5.78 Å². The molecular formula is C18H21NO3. The first kappa shape index (κ1) is 13.8. The Bertz CT molecular complexity index is 653. The van der Waals surface area contributed by atoms with Crippen molar-refractivity contribution in [3.05, 3.63) is 29.8 Å². The molecule has 0 unspecified atom stereocenters. The van der Waals surface area contributed by atoms with Crippen LogP contribution in [0.4, 0.5) is 0 Å². The Morgan fingerprint density at radius 2 is 2.14 bits per heavy atom. The minimum absolute atomic E-state index is 0.0224. The molecule has 1 aromatic carbocycles. The van der Waals surface area contributed by atoms with Crippen LogP contribution in [0.1, 0.15) is 43.5 Å². The molecule has 0 saturated heterocycles. The van der Waals surface area contributed by atoms with E-state index < -0.39 is 5.60 Å². The molecule has 4 heteroatoms. The number of ether oxygens (including phenoxy) is 1. The number of rotatable bonds is 2. The topological polar surface area (TPSA) is 55.4 Å². The van der Waals surface area contributed by atoms with Crippen molar-refractivity contribution in [2.75, 3.05) is 0 Å². The van der Waals surface area contributed by atoms with E-state index in [-0.39, 0.29) is 29.6 Å². The second kappa shape index (κ2) is 4.58. The van der Waals surface area contributed by atoms with Crippen molar-refractivity contribution in [1.29, 1.82) is 0 Å². The van der Waals surface area contributed by atoms with Gasteiger partial charge in [-0.25, -0.2) is 0 Å². The Morgan fingerprint density at radius 3 is 2.91 bits per heavy atom. The fourth-order valence-corrected chi connectivity index (χ4v) is 4.50. The summed E-state index contributed by atoms with van der Waals surface area (Å²) >= 11 is 0. The maximum atomic E-state index is 12.5. The number of carbonyl (C=O) groups is 2. The summed E-state index contributed by atoms with van der Waals surface area (Å²) in [4.78, 5) is 24.8. The van der Waals surface area contributed by atoms with Gasteiger partial charge in [0.1, 0.15) is 11.4 Å². The second-order valence-electron chi connectivity index (χ2n) is 7.18. The van der Waals surface area contributed by atoms with Crippen LogP contribution in [0.5, 0.6) is 5.75 Å². The van der Waals surface area contributed by atoms with Crippen LogP contribution in [-0.4, -0.2) is 23.3 Å². The van der Waals surface area contributed by atoms with Crippen molar-refractivity contribution in [3.8, 4) is 5.75 Å². The standard InChI is InChI=1S/C18H21NO3/c1-10(2)19-17(21)15-12-7-8-18(16(12)15)9-13(20)11-5-3-4-6-14(11)22-18/h3-6,10,12,15-16H,7-9H2,1-2H3,(H,19,21)/t12-,15+,16-,18-/m0/s1. The number of para-hydroxylation sites is 1. The average molecular weight is 299 g/mol. The highest BCUT2D eigenvalue weighted by molar-refractivity contribution is 6.00. The van der Waals surface area contributed by atoms with E-state index in [9.17, 15) is 9.59 Å². The third-order valence-corrected chi connectivity index (χ3v) is 5.37. The SMILES string of the molecule is CC(C)NC(=O)[C@@H]1[C@@H]2CC[C@]3(CC(=O)c4ccccc4O3)[C@@H]21. The molecule has 1 aliphatic heterocycles. The van der Waals surface area contributed by atoms with Gasteiger partial charge in [-0.15, -0.1) is 0 Å². The van der Waals surface area contributed by atoms with Gasteiger partial charge in [0.05, 0.1) is 12.0 Å². The molecule has 0 aromatic heterocycles. The van der Waals surface area contributed by atoms with Gasteiger partial charge >= 0.3 is 0 Å². The summed E-state index contributed by atoms with van der Waals surface area (Å²) in [6, 6.07) is 7.61. The van der Waals surface area contributed by atoms with E-state index in [1.165, 1.54) is 0 Å². The zero-order valence-corrected chi connectivity index (χ0v) is 13.0. The number of fused-ring (bicyclic) bond motifs is 3. The minimum Gasteiger partial charge on any atom is -0.486 e. The molecule has 1 heterocycles. The van der Waals surface area contributed by atoms with Crippen molar-refractivity contribution in [2.45, 2.75) is 44.8 Å². The lowest BCUT2D eigenvalue weighted by Crippen LogP contribution is -2.45. The molecule has 2 aliphatic carbocycles. The number of hydrogen-bond acceptors (Lipinski definition) is 3. The predicted octanol–water partition coefficient (Wildman–Crippen LogP) is 2.57. The van der Waals surface area contributed by atoms with E-state index >= 15 is 0 Å². The van der Waals surface area contributed by atoms with E-state index in [2.05, 4.69) is 5.32 Å². The normalized spacial score (nSPS) is 35.0. The van der Waals surface area contributed by atoms with Crippen molar-refractivity contribution in [1.82, 2.24) is 5.32 Å². The number of carbonyl (C=O) groups excluding carboxylic acids is 2. The van der Waals surface area contributed by atoms with Crippen molar-refractivity contribution >= 4 is 11.7 Å². The van der Waals surface area contributed by atoms with E-state index in [0.717, 1.165) is 12.8 Å². The molecule has 1 amide bonds. The van der Waals surface area contributed by atoms with E-state index in [1.54, 1.807) is 0 Å². The van der Waals surface area contributed by atoms with Crippen LogP contribution in [0.2, 0.25) is 0 Å². The molecule has 1 N–H and O–H groups in total. The third kappa shape index (κ3) is 1.89. The molecule has 22 heavy (non-hydrogen) atoms. The predicted molar refractivity (Wildman–Crippen MR) is 81.7 cm³/mol. The first-order valence-electron chi connectivity index (χ1n) is 8.13. The number of ketones is 1. The van der Waals surface area contributed by atoms with Crippen molar-refractivity contribution < 1.29 is 14.3 Å². The van der Waals surface area contributed by atoms with Crippen molar-refractivity contribution in [2.24, 2.45) is 17.8 Å². The van der Waals surface area contributed by atoms with Crippen LogP contribution in [-0.2, 0) is 4.79 Å². The number of amides is 1. The van der Waals surface area contributed by atoms with Gasteiger partial charge in [0.25, 0.3) is 0 Å². The molecule has 0 bridgehead atoms. The summed E-state index contributed by atoms with van der Waals surface area (Å²) in [7, 11) is 0. The van der Waals surface area contributed by atoms with Gasteiger partial charge in [-0.1, -0.05) is 12.1 Å². The van der Waals surface area contributed by atoms with Crippen LogP contribution in [0.15, 0.2) is 24.3 Å². The maximum absolute atomic E-state index is 12.5. The van der Waals surface area contributed by atoms with Gasteiger partial charge in [-0.2, -0.15) is 0 Å². The summed E-state index contributed by atoms with van der Waals surface area (Å²) in [6.07, 6.45) is 2.28. The second-order valence-corrected chi connectivity index (χ2v) is 7.18. The van der Waals surface area contributed by atoms with Crippen LogP contribution >= 0.6 is 0 Å². The average Bonchev–Trinajstić information content (AvgIpc) is 3.11. The van der Waals surface area contributed by atoms with Gasteiger partial charge in [-0.3, -0.25) is 9.59 Å². The van der Waals surface area contributed by atoms with Gasteiger partial charge in [0, 0.05) is 17.9 Å². The van der Waals surface area contributed by atoms with E-state index in [4.69, 9.17) is 4.74 Å². The summed E-state index contributed by atoms with van der Waals surface area (Å²) in [5.74, 6) is 1.57. The number of Topliss-reactive ketones (excluding diaryl/α,β-unsaturated/α-hetero) is 1. The molecular weight excluding hydrogens is 278 g/mol. The molecule has 4 nitrogen and oxygen atoms in total. The molecule has 4 rings (SSSR count). The Morgan fingerprint density at radius 1 is 1.36 bits per heavy atom. The zero-order valence-electron chi connectivity index (χ0n) is 13.0. The number of benzene rings is 1. The molecule has 0 radical (unpaired) electrons. The van der Waals surface area contributed by atoms with Crippen LogP contribution in [0.3, 0.4) is 0 Å². The van der Waals surface area contributed by atoms with E-state index in [1.807, 2.05) is 38.1 Å². The third-order valence-electron chi connectivity index (χ3n) is 5.37. The van der Waals surface area contributed by atoms with E-state index in [0.29, 0.717) is 23.7 Å². The largest absolute Gasteiger partial charge is 0.486 e. The number of hydrogen-bond donors (Lipinski definition) is 1. The Labute approximate surface area is 130 Å². The lowest BCUT2D eigenvalue weighted by Gasteiger charge is -2.37. The minimum atomic E-state index is -0.449. The van der Waals surface area contributed by atoms with Gasteiger partial charge in [0.2, 0.25) is 5.91 Å². The Kier molecular flexibility index (Phi) is 2.87. The smallest absolute Gasteiger partial charge is 0.224 e. The fourth-order valence-electron chi connectivity index (χ4n) is 4.50. The first-order valence-corrected chi connectivity index (χ1v) is 8.13. The summed E-state index contributed by atoms with van der Waals surface area (Å²) in [6.45, 7) is 3.95. The summed E-state index contributed by atoms with van der Waals surface area (Å²) in [5, 5.41) is 3.01. The highest BCUT2D eigenvalue weighted by Crippen LogP contribution is 2.65. The van der Waals surface area contributed by atoms with Crippen molar-refractivity contribution in [3.63, 3.8) is 0 Å². The first-order chi connectivity index (χ1) is 10.5. The quantitative estimate of drug-likeness (QED) is 0.913. The Balaban J connectivity index is 1.59.